The molecule has 0 amide bonds. The number of hydrogen-bond donors (Lipinski definition) is 0. The van der Waals surface area contributed by atoms with E-state index in [2.05, 4.69) is 162 Å². The Hall–Kier alpha value is -4.57. The quantitative estimate of drug-likeness (QED) is 0.275. The number of thiophene rings is 1. The van der Waals surface area contributed by atoms with Crippen LogP contribution in [0.3, 0.4) is 0 Å². The predicted octanol–water partition coefficient (Wildman–Crippen LogP) is 12.6. The third kappa shape index (κ3) is 6.65. The summed E-state index contributed by atoms with van der Waals surface area (Å²) in [6.07, 6.45) is 61.5. The fraction of sp³-hybridized carbons (Fsp3) is 0.296. The summed E-state index contributed by atoms with van der Waals surface area (Å²) >= 11 is 4.10. The zero-order valence-corrected chi connectivity index (χ0v) is 34.4. The zero-order chi connectivity index (χ0) is 37.7. The summed E-state index contributed by atoms with van der Waals surface area (Å²) in [4.78, 5) is 5.74. The molecule has 1 aromatic heterocycles. The standard InChI is InChI=1S/C54H51NS2/c1-3-12-36(13-4-1)40-16-9-17-41(34-40)37-24-29-43(30-25-37)55(44-31-26-38(27-32-44)42-28-33-52-49(35-42)46-18-7-8-23-51(46)56-52)50-22-11-21-48-47-20-10-19-45(53(47)57-54(48)50)39-14-5-2-6-15-39/h3,5,7-9,12-16,18-19,21,23-26,28-29,31-35,38,41,43,49,52H,1-2,4,6,10-11,17,20,22,27,30H2. The van der Waals surface area contributed by atoms with Crippen LogP contribution in [0.15, 0.2) is 178 Å². The summed E-state index contributed by atoms with van der Waals surface area (Å²) in [5, 5.41) is 2.05. The lowest BCUT2D eigenvalue weighted by molar-refractivity contribution is 0.403. The van der Waals surface area contributed by atoms with Gasteiger partial charge in [-0.25, -0.2) is 0 Å². The molecule has 9 aliphatic rings. The Morgan fingerprint density at radius 2 is 1.44 bits per heavy atom. The van der Waals surface area contributed by atoms with E-state index in [1.807, 2.05) is 11.8 Å². The minimum absolute atomic E-state index is 0.286. The van der Waals surface area contributed by atoms with Crippen LogP contribution in [-0.4, -0.2) is 16.2 Å². The summed E-state index contributed by atoms with van der Waals surface area (Å²) in [6.45, 7) is 0. The van der Waals surface area contributed by atoms with E-state index in [1.54, 1.807) is 5.56 Å². The Bertz CT molecular complexity index is 2560. The van der Waals surface area contributed by atoms with Crippen LogP contribution in [0.25, 0.3) is 17.3 Å². The molecule has 57 heavy (non-hydrogen) atoms. The molecule has 1 aliphatic heterocycles. The Morgan fingerprint density at radius 1 is 0.596 bits per heavy atom. The fourth-order valence-corrected chi connectivity index (χ4v) is 13.3. The minimum Gasteiger partial charge on any atom is -0.337 e. The molecule has 0 saturated carbocycles. The molecule has 0 spiro atoms. The topological polar surface area (TPSA) is 3.24 Å². The second-order valence-corrected chi connectivity index (χ2v) is 19.1. The van der Waals surface area contributed by atoms with Gasteiger partial charge < -0.3 is 4.90 Å². The van der Waals surface area contributed by atoms with Crippen LogP contribution in [0.5, 0.6) is 0 Å². The second-order valence-electron chi connectivity index (χ2n) is 16.9. The minimum atomic E-state index is 0.286. The van der Waals surface area contributed by atoms with Crippen LogP contribution in [0.2, 0.25) is 0 Å². The molecule has 5 atom stereocenters. The van der Waals surface area contributed by atoms with Crippen LogP contribution in [-0.2, 0) is 6.42 Å². The third-order valence-electron chi connectivity index (χ3n) is 13.4. The highest BCUT2D eigenvalue weighted by Gasteiger charge is 2.34. The van der Waals surface area contributed by atoms with Gasteiger partial charge in [0.25, 0.3) is 0 Å². The Morgan fingerprint density at radius 3 is 2.26 bits per heavy atom. The van der Waals surface area contributed by atoms with E-state index in [0.29, 0.717) is 23.0 Å². The average Bonchev–Trinajstić information content (AvgIpc) is 3.86. The van der Waals surface area contributed by atoms with Gasteiger partial charge in [0.05, 0.1) is 10.6 Å². The molecule has 0 fully saturated rings. The SMILES string of the molecule is C1=CC(C2=CC(C3=CCC(N(C4=CCC(C5=CC6c7ccccc7SC6C=C5)C=C4)C4=c5sc6c(c5=CCC4)CCC=C6C4=CCCC=C4)C=C3)CC=C2)=CCC1. The average molecular weight is 778 g/mol. The van der Waals surface area contributed by atoms with Gasteiger partial charge in [-0.3, -0.25) is 0 Å². The van der Waals surface area contributed by atoms with Crippen molar-refractivity contribution in [2.45, 2.75) is 92.7 Å². The number of nitrogens with zero attached hydrogens (tertiary/aromatic N) is 1. The number of thioether (sulfide) groups is 1. The molecule has 1 nitrogen and oxygen atoms in total. The first-order valence-electron chi connectivity index (χ1n) is 21.6. The molecule has 8 aliphatic carbocycles. The van der Waals surface area contributed by atoms with Crippen LogP contribution < -0.4 is 9.75 Å². The van der Waals surface area contributed by atoms with Gasteiger partial charge in [-0.05, 0) is 133 Å². The van der Waals surface area contributed by atoms with Gasteiger partial charge >= 0.3 is 0 Å². The van der Waals surface area contributed by atoms with Crippen molar-refractivity contribution in [3.05, 3.63) is 199 Å². The number of allylic oxidation sites excluding steroid dienone is 22. The maximum atomic E-state index is 2.78. The number of hydrogen-bond acceptors (Lipinski definition) is 3. The van der Waals surface area contributed by atoms with E-state index in [1.165, 1.54) is 69.9 Å². The predicted molar refractivity (Wildman–Crippen MR) is 244 cm³/mol. The van der Waals surface area contributed by atoms with E-state index in [4.69, 9.17) is 0 Å². The highest BCUT2D eigenvalue weighted by molar-refractivity contribution is 8.00. The van der Waals surface area contributed by atoms with E-state index in [-0.39, 0.29) is 6.04 Å². The van der Waals surface area contributed by atoms with Gasteiger partial charge in [-0.1, -0.05) is 134 Å². The number of fused-ring (bicyclic) bond motifs is 6. The molecule has 5 unspecified atom stereocenters. The molecule has 0 saturated heterocycles. The molecule has 11 rings (SSSR count). The Kier molecular flexibility index (Phi) is 9.56. The summed E-state index contributed by atoms with van der Waals surface area (Å²) in [7, 11) is 0. The summed E-state index contributed by atoms with van der Waals surface area (Å²) in [5.41, 5.74) is 14.6. The Balaban J connectivity index is 0.935. The molecule has 1 aromatic carbocycles. The summed E-state index contributed by atoms with van der Waals surface area (Å²) in [6, 6.07) is 9.32. The van der Waals surface area contributed by atoms with Gasteiger partial charge in [0.2, 0.25) is 0 Å². The van der Waals surface area contributed by atoms with E-state index >= 15 is 0 Å². The van der Waals surface area contributed by atoms with E-state index < -0.39 is 0 Å². The lowest BCUT2D eigenvalue weighted by Gasteiger charge is -2.38. The van der Waals surface area contributed by atoms with Crippen LogP contribution in [0, 0.1) is 11.8 Å². The van der Waals surface area contributed by atoms with Crippen molar-refractivity contribution in [2.24, 2.45) is 11.8 Å². The molecule has 0 bridgehead atoms. The van der Waals surface area contributed by atoms with Gasteiger partial charge in [-0.2, -0.15) is 0 Å². The molecule has 2 heterocycles. The summed E-state index contributed by atoms with van der Waals surface area (Å²) < 4.78 is 1.51. The fourth-order valence-electron chi connectivity index (χ4n) is 10.5. The van der Waals surface area contributed by atoms with E-state index in [0.717, 1.165) is 70.6 Å². The lowest BCUT2D eigenvalue weighted by atomic mass is 9.82. The van der Waals surface area contributed by atoms with E-state index in [9.17, 15) is 0 Å². The molecule has 0 N–H and O–H groups in total. The van der Waals surface area contributed by atoms with Crippen LogP contribution in [0.4, 0.5) is 0 Å². The van der Waals surface area contributed by atoms with Crippen molar-refractivity contribution < 1.29 is 0 Å². The monoisotopic (exact) mass is 777 g/mol. The van der Waals surface area contributed by atoms with Gasteiger partial charge in [0, 0.05) is 44.2 Å². The molecule has 3 heteroatoms. The van der Waals surface area contributed by atoms with Crippen LogP contribution in [0.1, 0.15) is 86.1 Å². The highest BCUT2D eigenvalue weighted by atomic mass is 32.2. The molecule has 2 aromatic rings. The smallest absolute Gasteiger partial charge is 0.0557 e. The van der Waals surface area contributed by atoms with Crippen molar-refractivity contribution >= 4 is 40.4 Å². The zero-order valence-electron chi connectivity index (χ0n) is 32.8. The van der Waals surface area contributed by atoms with Crippen LogP contribution >= 0.6 is 23.1 Å². The van der Waals surface area contributed by atoms with Crippen molar-refractivity contribution in [3.8, 4) is 0 Å². The number of rotatable bonds is 7. The highest BCUT2D eigenvalue weighted by Crippen LogP contribution is 2.50. The second kappa shape index (κ2) is 15.3. The normalized spacial score (nSPS) is 28.1. The summed E-state index contributed by atoms with van der Waals surface area (Å²) in [5.74, 6) is 1.32. The third-order valence-corrected chi connectivity index (χ3v) is 16.1. The first-order chi connectivity index (χ1) is 28.2. The van der Waals surface area contributed by atoms with Crippen molar-refractivity contribution in [3.63, 3.8) is 0 Å². The van der Waals surface area contributed by atoms with Crippen molar-refractivity contribution in [1.82, 2.24) is 4.90 Å². The van der Waals surface area contributed by atoms with Gasteiger partial charge in [-0.15, -0.1) is 23.1 Å². The molecular weight excluding hydrogens is 727 g/mol. The Labute approximate surface area is 347 Å². The first kappa shape index (κ1) is 35.6. The number of benzene rings is 1. The molecule has 0 radical (unpaired) electrons. The first-order valence-corrected chi connectivity index (χ1v) is 23.3. The lowest BCUT2D eigenvalue weighted by Crippen LogP contribution is -2.40. The van der Waals surface area contributed by atoms with Crippen molar-refractivity contribution in [2.75, 3.05) is 0 Å². The maximum absolute atomic E-state index is 2.78. The maximum Gasteiger partial charge on any atom is 0.0557 e. The van der Waals surface area contributed by atoms with Crippen molar-refractivity contribution in [1.29, 1.82) is 0 Å². The van der Waals surface area contributed by atoms with Gasteiger partial charge in [0.1, 0.15) is 0 Å². The largest absolute Gasteiger partial charge is 0.337 e. The van der Waals surface area contributed by atoms with Gasteiger partial charge in [0.15, 0.2) is 0 Å². The molecular formula is C54H51NS2. The molecule has 284 valence electrons.